The topological polar surface area (TPSA) is 55.8 Å². The molecule has 2 amide bonds. The van der Waals surface area contributed by atoms with Crippen LogP contribution in [0, 0.1) is 5.92 Å². The molecule has 1 aliphatic heterocycles. The van der Waals surface area contributed by atoms with Crippen LogP contribution in [0.25, 0.3) is 0 Å². The van der Waals surface area contributed by atoms with Crippen LogP contribution in [0.15, 0.2) is 60.7 Å². The molecule has 0 aliphatic carbocycles. The van der Waals surface area contributed by atoms with Gasteiger partial charge in [-0.3, -0.25) is 4.79 Å². The average molecular weight is 482 g/mol. The summed E-state index contributed by atoms with van der Waals surface area (Å²) in [5.74, 6) is -0.0111. The van der Waals surface area contributed by atoms with Crippen molar-refractivity contribution < 1.29 is 18.8 Å². The molecular formula is C28H39NO4Si. The summed E-state index contributed by atoms with van der Waals surface area (Å²) in [4.78, 5) is 27.3. The Balaban J connectivity index is 2.02. The molecule has 1 fully saturated rings. The van der Waals surface area contributed by atoms with Gasteiger partial charge in [0.15, 0.2) is 0 Å². The molecule has 6 heteroatoms. The van der Waals surface area contributed by atoms with Crippen LogP contribution in [0.4, 0.5) is 4.79 Å². The summed E-state index contributed by atoms with van der Waals surface area (Å²) >= 11 is 0. The molecule has 2 atom stereocenters. The van der Waals surface area contributed by atoms with Gasteiger partial charge in [-0.2, -0.15) is 0 Å². The smallest absolute Gasteiger partial charge is 0.417 e. The summed E-state index contributed by atoms with van der Waals surface area (Å²) in [7, 11) is -2.78. The van der Waals surface area contributed by atoms with Crippen molar-refractivity contribution in [2.75, 3.05) is 6.61 Å². The Hall–Kier alpha value is -2.44. The van der Waals surface area contributed by atoms with Gasteiger partial charge in [0.2, 0.25) is 5.91 Å². The van der Waals surface area contributed by atoms with Crippen LogP contribution in [-0.2, 0) is 14.0 Å². The first-order valence-electron chi connectivity index (χ1n) is 12.1. The third-order valence-corrected chi connectivity index (χ3v) is 11.3. The van der Waals surface area contributed by atoms with Crippen LogP contribution in [0.3, 0.4) is 0 Å². The number of imide groups is 1. The van der Waals surface area contributed by atoms with Crippen LogP contribution in [0.5, 0.6) is 0 Å². The van der Waals surface area contributed by atoms with E-state index in [-0.39, 0.29) is 29.5 Å². The van der Waals surface area contributed by atoms with Crippen LogP contribution >= 0.6 is 0 Å². The van der Waals surface area contributed by atoms with E-state index in [0.29, 0.717) is 12.8 Å². The lowest BCUT2D eigenvalue weighted by molar-refractivity contribution is -0.137. The van der Waals surface area contributed by atoms with Gasteiger partial charge in [-0.25, -0.2) is 9.69 Å². The second-order valence-electron chi connectivity index (χ2n) is 11.4. The molecule has 0 saturated carbocycles. The second kappa shape index (κ2) is 10.0. The molecule has 0 unspecified atom stereocenters. The van der Waals surface area contributed by atoms with E-state index < -0.39 is 20.0 Å². The third-order valence-electron chi connectivity index (χ3n) is 6.33. The molecule has 2 aromatic carbocycles. The summed E-state index contributed by atoms with van der Waals surface area (Å²) in [6.07, 6.45) is 0.457. The SMILES string of the molecule is C[C@H]1CC(=O)N(C(=O)OC(C)(C)C)[C@H](CO[Si](c2ccccc2)(c2ccccc2)C(C)(C)C)C1. The van der Waals surface area contributed by atoms with Gasteiger partial charge in [-0.1, -0.05) is 88.4 Å². The van der Waals surface area contributed by atoms with Crippen LogP contribution in [0.2, 0.25) is 5.04 Å². The van der Waals surface area contributed by atoms with Gasteiger partial charge < -0.3 is 9.16 Å². The van der Waals surface area contributed by atoms with Crippen LogP contribution in [-0.4, -0.2) is 43.5 Å². The first-order valence-corrected chi connectivity index (χ1v) is 14.1. The highest BCUT2D eigenvalue weighted by Gasteiger charge is 2.51. The number of amides is 2. The average Bonchev–Trinajstić information content (AvgIpc) is 2.73. The zero-order chi connectivity index (χ0) is 25.1. The number of ether oxygens (including phenoxy) is 1. The van der Waals surface area contributed by atoms with Gasteiger partial charge in [-0.15, -0.1) is 0 Å². The van der Waals surface area contributed by atoms with Crippen molar-refractivity contribution in [3.63, 3.8) is 0 Å². The Morgan fingerprint density at radius 2 is 1.44 bits per heavy atom. The molecule has 0 radical (unpaired) electrons. The Morgan fingerprint density at radius 3 is 1.88 bits per heavy atom. The second-order valence-corrected chi connectivity index (χ2v) is 15.7. The molecular weight excluding hydrogens is 442 g/mol. The lowest BCUT2D eigenvalue weighted by Gasteiger charge is -2.45. The molecule has 1 aliphatic rings. The van der Waals surface area contributed by atoms with Gasteiger partial charge in [0.1, 0.15) is 5.60 Å². The van der Waals surface area contributed by atoms with Gasteiger partial charge in [0.25, 0.3) is 8.32 Å². The monoisotopic (exact) mass is 481 g/mol. The molecule has 5 nitrogen and oxygen atoms in total. The number of rotatable bonds is 5. The standard InChI is InChI=1S/C28H39NO4Si/c1-21-18-22(29(25(30)19-21)26(31)33-27(2,3)4)20-32-34(28(5,6)7,23-14-10-8-11-15-23)24-16-12-9-13-17-24/h8-17,21-22H,18-20H2,1-7H3/t21-,22+/m1/s1. The molecule has 0 aromatic heterocycles. The van der Waals surface area contributed by atoms with Gasteiger partial charge >= 0.3 is 6.09 Å². The Labute approximate surface area is 205 Å². The van der Waals surface area contributed by atoms with Crippen molar-refractivity contribution in [2.24, 2.45) is 5.92 Å². The number of piperidine rings is 1. The number of carbonyl (C=O) groups excluding carboxylic acids is 2. The lowest BCUT2D eigenvalue weighted by atomic mass is 9.92. The highest BCUT2D eigenvalue weighted by atomic mass is 28.4. The maximum Gasteiger partial charge on any atom is 0.417 e. The fourth-order valence-corrected chi connectivity index (χ4v) is 9.54. The maximum absolute atomic E-state index is 13.0. The van der Waals surface area contributed by atoms with E-state index >= 15 is 0 Å². The number of hydrogen-bond donors (Lipinski definition) is 0. The van der Waals surface area contributed by atoms with Gasteiger partial charge in [0.05, 0.1) is 12.6 Å². The van der Waals surface area contributed by atoms with Crippen LogP contribution < -0.4 is 10.4 Å². The Kier molecular flexibility index (Phi) is 7.73. The maximum atomic E-state index is 13.0. The minimum Gasteiger partial charge on any atom is -0.443 e. The largest absolute Gasteiger partial charge is 0.443 e. The number of benzene rings is 2. The van der Waals surface area contributed by atoms with E-state index in [1.165, 1.54) is 15.3 Å². The number of hydrogen-bond acceptors (Lipinski definition) is 4. The van der Waals surface area contributed by atoms with E-state index in [4.69, 9.17) is 9.16 Å². The van der Waals surface area contributed by atoms with E-state index in [9.17, 15) is 9.59 Å². The summed E-state index contributed by atoms with van der Waals surface area (Å²) in [6, 6.07) is 20.4. The van der Waals surface area contributed by atoms with Crippen molar-refractivity contribution in [2.45, 2.75) is 78.0 Å². The minimum absolute atomic E-state index is 0.180. The summed E-state index contributed by atoms with van der Waals surface area (Å²) < 4.78 is 12.7. The highest BCUT2D eigenvalue weighted by Crippen LogP contribution is 2.37. The molecule has 1 saturated heterocycles. The lowest BCUT2D eigenvalue weighted by Crippen LogP contribution is -2.67. The van der Waals surface area contributed by atoms with Gasteiger partial charge in [0, 0.05) is 6.42 Å². The molecule has 184 valence electrons. The molecule has 0 spiro atoms. The van der Waals surface area contributed by atoms with E-state index in [0.717, 1.165) is 0 Å². The Morgan fingerprint density at radius 1 is 0.941 bits per heavy atom. The summed E-state index contributed by atoms with van der Waals surface area (Å²) in [6.45, 7) is 14.4. The molecule has 1 heterocycles. The van der Waals surface area contributed by atoms with Crippen molar-refractivity contribution in [3.8, 4) is 0 Å². The molecule has 3 rings (SSSR count). The zero-order valence-electron chi connectivity index (χ0n) is 21.6. The fourth-order valence-electron chi connectivity index (χ4n) is 4.94. The third kappa shape index (κ3) is 5.61. The molecule has 34 heavy (non-hydrogen) atoms. The predicted octanol–water partition coefficient (Wildman–Crippen LogP) is 5.13. The van der Waals surface area contributed by atoms with E-state index in [1.54, 1.807) is 0 Å². The minimum atomic E-state index is -2.78. The zero-order valence-corrected chi connectivity index (χ0v) is 22.6. The number of likely N-dealkylation sites (tertiary alicyclic amines) is 1. The normalized spacial score (nSPS) is 19.7. The quantitative estimate of drug-likeness (QED) is 0.556. The molecule has 0 bridgehead atoms. The Bertz CT molecular complexity index is 939. The molecule has 0 N–H and O–H groups in total. The molecule has 2 aromatic rings. The van der Waals surface area contributed by atoms with Crippen LogP contribution in [0.1, 0.15) is 61.3 Å². The summed E-state index contributed by atoms with van der Waals surface area (Å²) in [5.41, 5.74) is -0.677. The fraction of sp³-hybridized carbons (Fsp3) is 0.500. The first-order chi connectivity index (χ1) is 15.8. The number of carbonyl (C=O) groups is 2. The van der Waals surface area contributed by atoms with Crippen molar-refractivity contribution in [1.82, 2.24) is 4.90 Å². The van der Waals surface area contributed by atoms with E-state index in [1.807, 2.05) is 57.2 Å². The van der Waals surface area contributed by atoms with Crippen molar-refractivity contribution in [3.05, 3.63) is 60.7 Å². The highest BCUT2D eigenvalue weighted by molar-refractivity contribution is 6.99. The predicted molar refractivity (Wildman–Crippen MR) is 139 cm³/mol. The number of nitrogens with zero attached hydrogens (tertiary/aromatic N) is 1. The van der Waals surface area contributed by atoms with Crippen molar-refractivity contribution in [1.29, 1.82) is 0 Å². The van der Waals surface area contributed by atoms with E-state index in [2.05, 4.69) is 52.0 Å². The van der Waals surface area contributed by atoms with Crippen molar-refractivity contribution >= 4 is 30.7 Å². The van der Waals surface area contributed by atoms with Gasteiger partial charge in [-0.05, 0) is 48.5 Å². The first kappa shape index (κ1) is 26.2. The summed E-state index contributed by atoms with van der Waals surface area (Å²) in [5, 5.41) is 2.16.